The molecular weight excluding hydrogens is 278 g/mol. The highest BCUT2D eigenvalue weighted by molar-refractivity contribution is 7.16. The molecule has 1 aliphatic carbocycles. The van der Waals surface area contributed by atoms with Crippen molar-refractivity contribution in [3.05, 3.63) is 50.7 Å². The summed E-state index contributed by atoms with van der Waals surface area (Å²) >= 11 is 7.47. The van der Waals surface area contributed by atoms with Gasteiger partial charge in [-0.25, -0.2) is 0 Å². The summed E-state index contributed by atoms with van der Waals surface area (Å²) in [5, 5.41) is 3.35. The first-order valence-corrected chi connectivity index (χ1v) is 7.63. The summed E-state index contributed by atoms with van der Waals surface area (Å²) in [6.07, 6.45) is 2.30. The molecule has 19 heavy (non-hydrogen) atoms. The van der Waals surface area contributed by atoms with Gasteiger partial charge in [-0.1, -0.05) is 17.7 Å². The number of aryl methyl sites for hydroxylation is 1. The zero-order valence-electron chi connectivity index (χ0n) is 10.8. The molecule has 2 aromatic rings. The van der Waals surface area contributed by atoms with Crippen molar-refractivity contribution < 1.29 is 4.74 Å². The van der Waals surface area contributed by atoms with Crippen LogP contribution in [0.4, 0.5) is 0 Å². The summed E-state index contributed by atoms with van der Waals surface area (Å²) in [5.74, 6) is 0.944. The Labute approximate surface area is 122 Å². The van der Waals surface area contributed by atoms with Crippen molar-refractivity contribution in [1.29, 1.82) is 0 Å². The van der Waals surface area contributed by atoms with Crippen LogP contribution in [-0.2, 0) is 13.0 Å². The molecule has 0 aliphatic heterocycles. The van der Waals surface area contributed by atoms with Crippen molar-refractivity contribution in [3.63, 3.8) is 0 Å². The quantitative estimate of drug-likeness (QED) is 0.913. The first-order chi connectivity index (χ1) is 9.26. The second-order valence-corrected chi connectivity index (χ2v) is 6.53. The maximum atomic E-state index is 5.91. The average Bonchev–Trinajstić information content (AvgIpc) is 3.01. The van der Waals surface area contributed by atoms with E-state index in [1.54, 1.807) is 11.3 Å². The van der Waals surface area contributed by atoms with Crippen LogP contribution in [-0.4, -0.2) is 7.05 Å². The highest BCUT2D eigenvalue weighted by Gasteiger charge is 2.21. The standard InChI is InChI=1S/C15H16ClNOS/c1-17-14-6-2-10-8-11(3-5-13(10)14)18-9-12-4-7-15(16)19-12/h3-5,7-8,14,17H,2,6,9H2,1H3. The Morgan fingerprint density at radius 1 is 1.37 bits per heavy atom. The Bertz CT molecular complexity index is 581. The predicted octanol–water partition coefficient (Wildman–Crippen LogP) is 4.19. The van der Waals surface area contributed by atoms with Crippen LogP contribution in [0.2, 0.25) is 4.34 Å². The lowest BCUT2D eigenvalue weighted by Gasteiger charge is -2.11. The minimum Gasteiger partial charge on any atom is -0.488 e. The molecule has 0 radical (unpaired) electrons. The van der Waals surface area contributed by atoms with Crippen molar-refractivity contribution in [1.82, 2.24) is 5.32 Å². The molecule has 1 aromatic heterocycles. The van der Waals surface area contributed by atoms with E-state index in [9.17, 15) is 0 Å². The average molecular weight is 294 g/mol. The lowest BCUT2D eigenvalue weighted by Crippen LogP contribution is -2.12. The van der Waals surface area contributed by atoms with Crippen molar-refractivity contribution in [2.75, 3.05) is 7.05 Å². The van der Waals surface area contributed by atoms with E-state index in [1.165, 1.54) is 17.5 Å². The molecule has 2 nitrogen and oxygen atoms in total. The molecule has 1 N–H and O–H groups in total. The van der Waals surface area contributed by atoms with Gasteiger partial charge < -0.3 is 10.1 Å². The van der Waals surface area contributed by atoms with Crippen molar-refractivity contribution in [2.24, 2.45) is 0 Å². The van der Waals surface area contributed by atoms with Crippen LogP contribution >= 0.6 is 22.9 Å². The van der Waals surface area contributed by atoms with E-state index in [-0.39, 0.29) is 0 Å². The van der Waals surface area contributed by atoms with Gasteiger partial charge in [0.2, 0.25) is 0 Å². The molecule has 1 aromatic carbocycles. The van der Waals surface area contributed by atoms with E-state index in [1.807, 2.05) is 19.2 Å². The summed E-state index contributed by atoms with van der Waals surface area (Å²) in [5.41, 5.74) is 2.81. The van der Waals surface area contributed by atoms with Crippen molar-refractivity contribution >= 4 is 22.9 Å². The van der Waals surface area contributed by atoms with Crippen molar-refractivity contribution in [2.45, 2.75) is 25.5 Å². The van der Waals surface area contributed by atoms with Gasteiger partial charge in [-0.05, 0) is 55.3 Å². The zero-order valence-corrected chi connectivity index (χ0v) is 12.4. The van der Waals surface area contributed by atoms with Gasteiger partial charge >= 0.3 is 0 Å². The molecule has 1 aliphatic rings. The third-order valence-electron chi connectivity index (χ3n) is 3.55. The number of thiophene rings is 1. The van der Waals surface area contributed by atoms with Gasteiger partial charge in [-0.2, -0.15) is 0 Å². The van der Waals surface area contributed by atoms with E-state index >= 15 is 0 Å². The van der Waals surface area contributed by atoms with Crippen LogP contribution in [0.25, 0.3) is 0 Å². The monoisotopic (exact) mass is 293 g/mol. The minimum absolute atomic E-state index is 0.500. The molecule has 0 saturated heterocycles. The van der Waals surface area contributed by atoms with Gasteiger partial charge in [0.1, 0.15) is 12.4 Å². The highest BCUT2D eigenvalue weighted by Crippen LogP contribution is 2.33. The summed E-state index contributed by atoms with van der Waals surface area (Å²) in [6, 6.07) is 10.8. The van der Waals surface area contributed by atoms with Gasteiger partial charge in [0.05, 0.1) is 4.34 Å². The van der Waals surface area contributed by atoms with E-state index in [0.717, 1.165) is 21.4 Å². The van der Waals surface area contributed by atoms with Crippen molar-refractivity contribution in [3.8, 4) is 5.75 Å². The molecule has 1 unspecified atom stereocenters. The summed E-state index contributed by atoms with van der Waals surface area (Å²) in [7, 11) is 2.02. The fourth-order valence-electron chi connectivity index (χ4n) is 2.57. The molecule has 0 fully saturated rings. The van der Waals surface area contributed by atoms with Gasteiger partial charge in [0.15, 0.2) is 0 Å². The van der Waals surface area contributed by atoms with Crippen LogP contribution in [0.15, 0.2) is 30.3 Å². The number of benzene rings is 1. The molecular formula is C15H16ClNOS. The molecule has 3 rings (SSSR count). The number of fused-ring (bicyclic) bond motifs is 1. The molecule has 0 amide bonds. The van der Waals surface area contributed by atoms with Crippen LogP contribution in [0.1, 0.15) is 28.5 Å². The highest BCUT2D eigenvalue weighted by atomic mass is 35.5. The van der Waals surface area contributed by atoms with Crippen LogP contribution in [0, 0.1) is 0 Å². The predicted molar refractivity (Wildman–Crippen MR) is 80.2 cm³/mol. The third-order valence-corrected chi connectivity index (χ3v) is 4.76. The molecule has 0 bridgehead atoms. The summed E-state index contributed by atoms with van der Waals surface area (Å²) < 4.78 is 6.64. The maximum Gasteiger partial charge on any atom is 0.122 e. The Hall–Kier alpha value is -1.03. The van der Waals surface area contributed by atoms with Crippen LogP contribution in [0.5, 0.6) is 5.75 Å². The fourth-order valence-corrected chi connectivity index (χ4v) is 3.57. The normalized spacial score (nSPS) is 17.5. The Balaban J connectivity index is 1.69. The van der Waals surface area contributed by atoms with Crippen LogP contribution in [0.3, 0.4) is 0 Å². The van der Waals surface area contributed by atoms with E-state index in [2.05, 4.69) is 23.5 Å². The SMILES string of the molecule is CNC1CCc2cc(OCc3ccc(Cl)s3)ccc21. The Kier molecular flexibility index (Phi) is 3.78. The topological polar surface area (TPSA) is 21.3 Å². The smallest absolute Gasteiger partial charge is 0.122 e. The number of ether oxygens (including phenoxy) is 1. The van der Waals surface area contributed by atoms with Gasteiger partial charge in [-0.3, -0.25) is 0 Å². The Morgan fingerprint density at radius 3 is 3.00 bits per heavy atom. The Morgan fingerprint density at radius 2 is 2.26 bits per heavy atom. The van der Waals surface area contributed by atoms with Gasteiger partial charge in [-0.15, -0.1) is 11.3 Å². The van der Waals surface area contributed by atoms with Crippen LogP contribution < -0.4 is 10.1 Å². The first-order valence-electron chi connectivity index (χ1n) is 6.43. The lowest BCUT2D eigenvalue weighted by atomic mass is 10.1. The second-order valence-electron chi connectivity index (χ2n) is 4.74. The number of rotatable bonds is 4. The van der Waals surface area contributed by atoms with Gasteiger partial charge in [0.25, 0.3) is 0 Å². The largest absolute Gasteiger partial charge is 0.488 e. The van der Waals surface area contributed by atoms with Gasteiger partial charge in [0, 0.05) is 10.9 Å². The zero-order chi connectivity index (χ0) is 13.2. The van der Waals surface area contributed by atoms with E-state index in [0.29, 0.717) is 12.6 Å². The molecule has 4 heteroatoms. The molecule has 100 valence electrons. The number of hydrogen-bond acceptors (Lipinski definition) is 3. The summed E-state index contributed by atoms with van der Waals surface area (Å²) in [4.78, 5) is 1.15. The second kappa shape index (κ2) is 5.53. The maximum absolute atomic E-state index is 5.91. The number of hydrogen-bond donors (Lipinski definition) is 1. The van der Waals surface area contributed by atoms with E-state index < -0.39 is 0 Å². The molecule has 1 heterocycles. The minimum atomic E-state index is 0.500. The summed E-state index contributed by atoms with van der Waals surface area (Å²) in [6.45, 7) is 0.589. The lowest BCUT2D eigenvalue weighted by molar-refractivity contribution is 0.309. The van der Waals surface area contributed by atoms with E-state index in [4.69, 9.17) is 16.3 Å². The molecule has 0 saturated carbocycles. The molecule has 0 spiro atoms. The first kappa shape index (κ1) is 13.0. The number of nitrogens with one attached hydrogen (secondary N) is 1. The number of halogens is 1. The third kappa shape index (κ3) is 2.78. The molecule has 1 atom stereocenters. The fraction of sp³-hybridized carbons (Fsp3) is 0.333.